The number of nitrogens with zero attached hydrogens (tertiary/aromatic N) is 1. The Balaban J connectivity index is 2.44. The smallest absolute Gasteiger partial charge is 0.136 e. The maximum absolute atomic E-state index is 11.2. The van der Waals surface area contributed by atoms with Crippen LogP contribution < -0.4 is 0 Å². The van der Waals surface area contributed by atoms with E-state index in [1.165, 1.54) is 0 Å². The summed E-state index contributed by atoms with van der Waals surface area (Å²) in [5.74, 6) is 0.217. The second kappa shape index (κ2) is 3.76. The van der Waals surface area contributed by atoms with Crippen molar-refractivity contribution in [3.8, 4) is 0 Å². The van der Waals surface area contributed by atoms with Crippen molar-refractivity contribution in [2.24, 2.45) is 5.41 Å². The molecule has 0 aromatic carbocycles. The van der Waals surface area contributed by atoms with Crippen LogP contribution >= 0.6 is 0 Å². The zero-order chi connectivity index (χ0) is 10.1. The monoisotopic (exact) mass is 185 g/mol. The number of carbonyl (C=O) groups is 1. The fraction of sp³-hybridized carbons (Fsp3) is 0.900. The zero-order valence-corrected chi connectivity index (χ0v) is 8.71. The minimum atomic E-state index is -0.274. The molecule has 0 aromatic rings. The zero-order valence-electron chi connectivity index (χ0n) is 8.71. The van der Waals surface area contributed by atoms with E-state index in [2.05, 4.69) is 4.90 Å². The lowest BCUT2D eigenvalue weighted by molar-refractivity contribution is -0.125. The number of β-amino-alcohol motifs (C(OH)–C–C–N with tert-alkyl or cyclic N) is 1. The van der Waals surface area contributed by atoms with Gasteiger partial charge in [-0.25, -0.2) is 0 Å². The van der Waals surface area contributed by atoms with E-state index in [0.717, 1.165) is 26.1 Å². The minimum absolute atomic E-state index is 0.192. The first-order valence-corrected chi connectivity index (χ1v) is 4.83. The van der Waals surface area contributed by atoms with Gasteiger partial charge in [-0.15, -0.1) is 0 Å². The van der Waals surface area contributed by atoms with Gasteiger partial charge < -0.3 is 5.11 Å². The van der Waals surface area contributed by atoms with Crippen molar-refractivity contribution in [1.82, 2.24) is 4.90 Å². The molecule has 0 saturated carbocycles. The first kappa shape index (κ1) is 10.7. The van der Waals surface area contributed by atoms with Crippen molar-refractivity contribution in [3.63, 3.8) is 0 Å². The third-order valence-electron chi connectivity index (χ3n) is 2.82. The van der Waals surface area contributed by atoms with E-state index in [1.807, 2.05) is 13.8 Å². The van der Waals surface area contributed by atoms with Crippen LogP contribution in [0.4, 0.5) is 0 Å². The van der Waals surface area contributed by atoms with Crippen LogP contribution in [0.2, 0.25) is 0 Å². The summed E-state index contributed by atoms with van der Waals surface area (Å²) < 4.78 is 0. The lowest BCUT2D eigenvalue weighted by Crippen LogP contribution is -2.37. The van der Waals surface area contributed by atoms with E-state index in [0.29, 0.717) is 0 Å². The van der Waals surface area contributed by atoms with Crippen molar-refractivity contribution in [3.05, 3.63) is 0 Å². The maximum Gasteiger partial charge on any atom is 0.136 e. The summed E-state index contributed by atoms with van der Waals surface area (Å²) in [7, 11) is 0. The molecule has 1 unspecified atom stereocenters. The van der Waals surface area contributed by atoms with E-state index in [4.69, 9.17) is 0 Å². The number of hydrogen-bond acceptors (Lipinski definition) is 3. The van der Waals surface area contributed by atoms with Gasteiger partial charge in [0.15, 0.2) is 0 Å². The van der Waals surface area contributed by atoms with Gasteiger partial charge in [0.1, 0.15) is 5.78 Å². The van der Waals surface area contributed by atoms with E-state index in [9.17, 15) is 9.90 Å². The van der Waals surface area contributed by atoms with Crippen molar-refractivity contribution in [2.75, 3.05) is 19.6 Å². The van der Waals surface area contributed by atoms with Gasteiger partial charge in [0.05, 0.1) is 6.10 Å². The van der Waals surface area contributed by atoms with Gasteiger partial charge in [0, 0.05) is 25.0 Å². The molecular weight excluding hydrogens is 166 g/mol. The molecule has 0 aromatic heterocycles. The predicted molar refractivity (Wildman–Crippen MR) is 51.5 cm³/mol. The van der Waals surface area contributed by atoms with Crippen LogP contribution in [0.25, 0.3) is 0 Å². The van der Waals surface area contributed by atoms with Gasteiger partial charge in [-0.3, -0.25) is 9.69 Å². The number of aliphatic hydroxyl groups excluding tert-OH is 1. The SMILES string of the molecule is CC(=O)C(C)(C)CN1CCC(O)C1. The molecule has 76 valence electrons. The highest BCUT2D eigenvalue weighted by molar-refractivity contribution is 5.81. The number of carbonyl (C=O) groups excluding carboxylic acids is 1. The Bertz CT molecular complexity index is 201. The fourth-order valence-corrected chi connectivity index (χ4v) is 1.63. The van der Waals surface area contributed by atoms with Gasteiger partial charge in [0.2, 0.25) is 0 Å². The summed E-state index contributed by atoms with van der Waals surface area (Å²) in [6.07, 6.45) is 0.649. The van der Waals surface area contributed by atoms with Crippen molar-refractivity contribution in [1.29, 1.82) is 0 Å². The van der Waals surface area contributed by atoms with Crippen LogP contribution in [0.5, 0.6) is 0 Å². The summed E-state index contributed by atoms with van der Waals surface area (Å²) in [6, 6.07) is 0. The molecule has 1 atom stereocenters. The molecule has 1 aliphatic heterocycles. The molecule has 1 heterocycles. The molecule has 1 rings (SSSR count). The summed E-state index contributed by atoms with van der Waals surface area (Å²) in [5, 5.41) is 9.31. The first-order chi connectivity index (χ1) is 5.92. The summed E-state index contributed by atoms with van der Waals surface area (Å²) >= 11 is 0. The molecule has 3 heteroatoms. The predicted octanol–water partition coefficient (Wildman–Crippen LogP) is 0.668. The highest BCUT2D eigenvalue weighted by Crippen LogP contribution is 2.21. The Hall–Kier alpha value is -0.410. The van der Waals surface area contributed by atoms with Crippen molar-refractivity contribution in [2.45, 2.75) is 33.3 Å². The average molecular weight is 185 g/mol. The van der Waals surface area contributed by atoms with Crippen LogP contribution in [-0.2, 0) is 4.79 Å². The second-order valence-electron chi connectivity index (χ2n) is 4.62. The second-order valence-corrected chi connectivity index (χ2v) is 4.62. The number of rotatable bonds is 3. The number of likely N-dealkylation sites (tertiary alicyclic amines) is 1. The molecule has 0 amide bonds. The summed E-state index contributed by atoms with van der Waals surface area (Å²) in [6.45, 7) is 7.94. The average Bonchev–Trinajstić information content (AvgIpc) is 2.34. The van der Waals surface area contributed by atoms with Crippen LogP contribution in [0.3, 0.4) is 0 Å². The van der Waals surface area contributed by atoms with E-state index >= 15 is 0 Å². The molecule has 13 heavy (non-hydrogen) atoms. The van der Waals surface area contributed by atoms with E-state index < -0.39 is 0 Å². The molecule has 0 bridgehead atoms. The number of aliphatic hydroxyl groups is 1. The third kappa shape index (κ3) is 2.78. The molecule has 1 aliphatic rings. The van der Waals surface area contributed by atoms with Gasteiger partial charge >= 0.3 is 0 Å². The van der Waals surface area contributed by atoms with Crippen LogP contribution in [0, 0.1) is 5.41 Å². The summed E-state index contributed by atoms with van der Waals surface area (Å²) in [5.41, 5.74) is -0.274. The molecule has 1 fully saturated rings. The van der Waals surface area contributed by atoms with Gasteiger partial charge in [-0.2, -0.15) is 0 Å². The van der Waals surface area contributed by atoms with E-state index in [1.54, 1.807) is 6.92 Å². The lowest BCUT2D eigenvalue weighted by Gasteiger charge is -2.27. The largest absolute Gasteiger partial charge is 0.392 e. The molecule has 0 radical (unpaired) electrons. The number of ketones is 1. The fourth-order valence-electron chi connectivity index (χ4n) is 1.63. The Labute approximate surface area is 79.7 Å². The number of Topliss-reactive ketones (excluding diaryl/α,β-unsaturated/α-hetero) is 1. The molecule has 0 spiro atoms. The third-order valence-corrected chi connectivity index (χ3v) is 2.82. The Morgan fingerprint density at radius 2 is 2.23 bits per heavy atom. The molecule has 1 N–H and O–H groups in total. The highest BCUT2D eigenvalue weighted by Gasteiger charge is 2.30. The van der Waals surface area contributed by atoms with Crippen molar-refractivity contribution < 1.29 is 9.90 Å². The van der Waals surface area contributed by atoms with Gasteiger partial charge in [-0.05, 0) is 13.3 Å². The topological polar surface area (TPSA) is 40.5 Å². The molecule has 0 aliphatic carbocycles. The Morgan fingerprint density at radius 3 is 2.62 bits per heavy atom. The van der Waals surface area contributed by atoms with Crippen molar-refractivity contribution >= 4 is 5.78 Å². The minimum Gasteiger partial charge on any atom is -0.392 e. The quantitative estimate of drug-likeness (QED) is 0.702. The molecule has 3 nitrogen and oxygen atoms in total. The Kier molecular flexibility index (Phi) is 3.09. The summed E-state index contributed by atoms with van der Waals surface area (Å²) in [4.78, 5) is 13.4. The van der Waals surface area contributed by atoms with Crippen LogP contribution in [0.15, 0.2) is 0 Å². The van der Waals surface area contributed by atoms with Crippen LogP contribution in [-0.4, -0.2) is 41.5 Å². The first-order valence-electron chi connectivity index (χ1n) is 4.83. The van der Waals surface area contributed by atoms with Gasteiger partial charge in [-0.1, -0.05) is 13.8 Å². The van der Waals surface area contributed by atoms with E-state index in [-0.39, 0.29) is 17.3 Å². The number of hydrogen-bond donors (Lipinski definition) is 1. The molecular formula is C10H19NO2. The Morgan fingerprint density at radius 1 is 1.62 bits per heavy atom. The normalized spacial score (nSPS) is 25.1. The lowest BCUT2D eigenvalue weighted by atomic mass is 9.88. The van der Waals surface area contributed by atoms with Crippen LogP contribution in [0.1, 0.15) is 27.2 Å². The molecule has 1 saturated heterocycles. The standard InChI is InChI=1S/C10H19NO2/c1-8(12)10(2,3)7-11-5-4-9(13)6-11/h9,13H,4-7H2,1-3H3. The maximum atomic E-state index is 11.2. The van der Waals surface area contributed by atoms with Gasteiger partial charge in [0.25, 0.3) is 0 Å². The highest BCUT2D eigenvalue weighted by atomic mass is 16.3.